The zero-order valence-electron chi connectivity index (χ0n) is 13.9. The molecular formula is C17H21N5O2S. The number of aliphatic imine (C=N–C) groups is 1. The van der Waals surface area contributed by atoms with Gasteiger partial charge in [-0.15, -0.1) is 11.3 Å². The average Bonchev–Trinajstić information content (AvgIpc) is 3.14. The number of nitrogens with two attached hydrogens (primary N) is 1. The Labute approximate surface area is 150 Å². The number of rotatable bonds is 7. The molecule has 0 saturated heterocycles. The van der Waals surface area contributed by atoms with Gasteiger partial charge in [0.25, 0.3) is 5.91 Å². The first kappa shape index (κ1) is 18.5. The molecule has 0 saturated carbocycles. The lowest BCUT2D eigenvalue weighted by atomic mass is 10.1. The second-order valence-electron chi connectivity index (χ2n) is 5.20. The molecule has 0 spiro atoms. The lowest BCUT2D eigenvalue weighted by Crippen LogP contribution is -2.36. The molecule has 0 aliphatic heterocycles. The molecule has 8 heteroatoms. The van der Waals surface area contributed by atoms with Crippen LogP contribution in [-0.4, -0.2) is 31.4 Å². The summed E-state index contributed by atoms with van der Waals surface area (Å²) in [5.74, 6) is -0.195. The Morgan fingerprint density at radius 1 is 1.08 bits per heavy atom. The Morgan fingerprint density at radius 3 is 2.40 bits per heavy atom. The van der Waals surface area contributed by atoms with Gasteiger partial charge in [-0.05, 0) is 29.1 Å². The molecule has 0 fully saturated rings. The predicted octanol–water partition coefficient (Wildman–Crippen LogP) is 0.828. The summed E-state index contributed by atoms with van der Waals surface area (Å²) >= 11 is 1.69. The minimum Gasteiger partial charge on any atom is -0.368 e. The fourth-order valence-electron chi connectivity index (χ4n) is 2.03. The Balaban J connectivity index is 1.81. The van der Waals surface area contributed by atoms with Crippen molar-refractivity contribution in [2.45, 2.75) is 13.1 Å². The highest BCUT2D eigenvalue weighted by atomic mass is 32.1. The first-order valence-corrected chi connectivity index (χ1v) is 8.59. The van der Waals surface area contributed by atoms with Crippen LogP contribution in [0.25, 0.3) is 0 Å². The molecule has 2 aromatic rings. The van der Waals surface area contributed by atoms with E-state index in [-0.39, 0.29) is 12.5 Å². The van der Waals surface area contributed by atoms with Crippen LogP contribution in [0, 0.1) is 0 Å². The topological polar surface area (TPSA) is 109 Å². The van der Waals surface area contributed by atoms with E-state index in [0.29, 0.717) is 18.1 Å². The Kier molecular flexibility index (Phi) is 6.97. The standard InChI is InChI=1S/C17H21N5O2S/c1-19-17(22-10-14-3-2-8-25-14)21-9-12-4-6-13(7-5-12)16(24)20-11-15(18)23/h2-8H,9-11H2,1H3,(H2,18,23)(H,20,24)(H2,19,21,22). The normalized spacial score (nSPS) is 11.0. The number of amides is 2. The number of guanidine groups is 1. The molecule has 0 bridgehead atoms. The summed E-state index contributed by atoms with van der Waals surface area (Å²) in [6.07, 6.45) is 0. The minimum atomic E-state index is -0.574. The minimum absolute atomic E-state index is 0.172. The molecule has 0 unspecified atom stereocenters. The number of nitrogens with one attached hydrogen (secondary N) is 3. The summed E-state index contributed by atoms with van der Waals surface area (Å²) < 4.78 is 0. The van der Waals surface area contributed by atoms with Crippen LogP contribution in [0.1, 0.15) is 20.8 Å². The molecule has 0 aliphatic rings. The molecule has 1 aromatic heterocycles. The smallest absolute Gasteiger partial charge is 0.251 e. The van der Waals surface area contributed by atoms with Gasteiger partial charge in [-0.3, -0.25) is 14.6 Å². The molecule has 2 rings (SSSR count). The van der Waals surface area contributed by atoms with Gasteiger partial charge in [-0.25, -0.2) is 0 Å². The summed E-state index contributed by atoms with van der Waals surface area (Å²) in [5, 5.41) is 10.9. The lowest BCUT2D eigenvalue weighted by Gasteiger charge is -2.11. The molecule has 2 amide bonds. The van der Waals surface area contributed by atoms with E-state index < -0.39 is 5.91 Å². The van der Waals surface area contributed by atoms with E-state index in [1.807, 2.05) is 23.6 Å². The first-order valence-electron chi connectivity index (χ1n) is 7.71. The number of primary amides is 1. The highest BCUT2D eigenvalue weighted by Gasteiger charge is 2.06. The van der Waals surface area contributed by atoms with Crippen molar-refractivity contribution in [1.82, 2.24) is 16.0 Å². The van der Waals surface area contributed by atoms with Crippen molar-refractivity contribution in [2.24, 2.45) is 10.7 Å². The number of benzene rings is 1. The van der Waals surface area contributed by atoms with Crippen LogP contribution in [0.2, 0.25) is 0 Å². The summed E-state index contributed by atoms with van der Waals surface area (Å²) in [5.41, 5.74) is 6.48. The zero-order chi connectivity index (χ0) is 18.1. The van der Waals surface area contributed by atoms with Crippen molar-refractivity contribution in [1.29, 1.82) is 0 Å². The molecule has 25 heavy (non-hydrogen) atoms. The highest BCUT2D eigenvalue weighted by Crippen LogP contribution is 2.07. The molecular weight excluding hydrogens is 338 g/mol. The van der Waals surface area contributed by atoms with E-state index in [1.54, 1.807) is 30.5 Å². The van der Waals surface area contributed by atoms with Crippen molar-refractivity contribution in [2.75, 3.05) is 13.6 Å². The number of nitrogens with zero attached hydrogens (tertiary/aromatic N) is 1. The van der Waals surface area contributed by atoms with Gasteiger partial charge in [0.1, 0.15) is 0 Å². The third-order valence-electron chi connectivity index (χ3n) is 3.33. The van der Waals surface area contributed by atoms with Gasteiger partial charge >= 0.3 is 0 Å². The van der Waals surface area contributed by atoms with Crippen LogP contribution in [0.15, 0.2) is 46.8 Å². The zero-order valence-corrected chi connectivity index (χ0v) is 14.7. The maximum atomic E-state index is 11.8. The largest absolute Gasteiger partial charge is 0.368 e. The highest BCUT2D eigenvalue weighted by molar-refractivity contribution is 7.09. The maximum absolute atomic E-state index is 11.8. The molecule has 5 N–H and O–H groups in total. The van der Waals surface area contributed by atoms with Gasteiger partial charge in [0.2, 0.25) is 5.91 Å². The number of carbonyl (C=O) groups excluding carboxylic acids is 2. The van der Waals surface area contributed by atoms with E-state index in [9.17, 15) is 9.59 Å². The van der Waals surface area contributed by atoms with Crippen LogP contribution < -0.4 is 21.7 Å². The van der Waals surface area contributed by atoms with Crippen LogP contribution in [0.4, 0.5) is 0 Å². The molecule has 7 nitrogen and oxygen atoms in total. The van der Waals surface area contributed by atoms with Gasteiger partial charge in [-0.1, -0.05) is 18.2 Å². The van der Waals surface area contributed by atoms with Crippen LogP contribution in [0.5, 0.6) is 0 Å². The third kappa shape index (κ3) is 6.27. The average molecular weight is 359 g/mol. The Hall–Kier alpha value is -2.87. The van der Waals surface area contributed by atoms with Crippen LogP contribution >= 0.6 is 11.3 Å². The van der Waals surface area contributed by atoms with E-state index in [2.05, 4.69) is 27.0 Å². The van der Waals surface area contributed by atoms with Gasteiger partial charge < -0.3 is 21.7 Å². The fraction of sp³-hybridized carbons (Fsp3) is 0.235. The summed E-state index contributed by atoms with van der Waals surface area (Å²) in [6.45, 7) is 1.12. The summed E-state index contributed by atoms with van der Waals surface area (Å²) in [6, 6.07) is 11.2. The number of carbonyl (C=O) groups is 2. The monoisotopic (exact) mass is 359 g/mol. The van der Waals surface area contributed by atoms with Crippen molar-refractivity contribution in [3.8, 4) is 0 Å². The van der Waals surface area contributed by atoms with Crippen LogP contribution in [-0.2, 0) is 17.9 Å². The molecule has 0 radical (unpaired) electrons. The SMILES string of the molecule is CN=C(NCc1ccc(C(=O)NCC(N)=O)cc1)NCc1cccs1. The predicted molar refractivity (Wildman–Crippen MR) is 99.3 cm³/mol. The van der Waals surface area contributed by atoms with Gasteiger partial charge in [0.15, 0.2) is 5.96 Å². The second kappa shape index (κ2) is 9.43. The Bertz CT molecular complexity index is 726. The van der Waals surface area contributed by atoms with E-state index in [1.165, 1.54) is 4.88 Å². The van der Waals surface area contributed by atoms with E-state index in [4.69, 9.17) is 5.73 Å². The van der Waals surface area contributed by atoms with Crippen molar-refractivity contribution < 1.29 is 9.59 Å². The van der Waals surface area contributed by atoms with E-state index >= 15 is 0 Å². The fourth-order valence-corrected chi connectivity index (χ4v) is 2.68. The molecule has 0 atom stereocenters. The van der Waals surface area contributed by atoms with Crippen LogP contribution in [0.3, 0.4) is 0 Å². The molecule has 132 valence electrons. The number of hydrogen-bond acceptors (Lipinski definition) is 4. The number of thiophene rings is 1. The summed E-state index contributed by atoms with van der Waals surface area (Å²) in [7, 11) is 1.72. The third-order valence-corrected chi connectivity index (χ3v) is 4.21. The lowest BCUT2D eigenvalue weighted by molar-refractivity contribution is -0.117. The van der Waals surface area contributed by atoms with Crippen molar-refractivity contribution in [3.63, 3.8) is 0 Å². The van der Waals surface area contributed by atoms with Crippen molar-refractivity contribution >= 4 is 29.1 Å². The van der Waals surface area contributed by atoms with Gasteiger partial charge in [0.05, 0.1) is 13.1 Å². The van der Waals surface area contributed by atoms with Gasteiger partial charge in [0, 0.05) is 24.0 Å². The quantitative estimate of drug-likeness (QED) is 0.434. The molecule has 1 aromatic carbocycles. The summed E-state index contributed by atoms with van der Waals surface area (Å²) in [4.78, 5) is 27.9. The number of hydrogen-bond donors (Lipinski definition) is 4. The van der Waals surface area contributed by atoms with Crippen molar-refractivity contribution in [3.05, 3.63) is 57.8 Å². The molecule has 0 aliphatic carbocycles. The Morgan fingerprint density at radius 2 is 1.80 bits per heavy atom. The second-order valence-corrected chi connectivity index (χ2v) is 6.24. The van der Waals surface area contributed by atoms with E-state index in [0.717, 1.165) is 12.1 Å². The first-order chi connectivity index (χ1) is 12.1. The molecule has 1 heterocycles. The maximum Gasteiger partial charge on any atom is 0.251 e. The van der Waals surface area contributed by atoms with Gasteiger partial charge in [-0.2, -0.15) is 0 Å².